The van der Waals surface area contributed by atoms with Gasteiger partial charge < -0.3 is 10.1 Å². The molecule has 0 aromatic heterocycles. The average molecular weight is 363 g/mol. The number of benzene rings is 1. The molecule has 0 aliphatic carbocycles. The van der Waals surface area contributed by atoms with Crippen molar-refractivity contribution in [3.8, 4) is 0 Å². The summed E-state index contributed by atoms with van der Waals surface area (Å²) in [7, 11) is 0. The van der Waals surface area contributed by atoms with E-state index in [4.69, 9.17) is 40.2 Å². The topological polar surface area (TPSA) is 48.6 Å². The quantitative estimate of drug-likeness (QED) is 0.410. The second-order valence-corrected chi connectivity index (χ2v) is 6.17. The van der Waals surface area contributed by atoms with Crippen LogP contribution in [0, 0.1) is 0 Å². The molecule has 0 bridgehead atoms. The molecule has 1 aromatic carbocycles. The van der Waals surface area contributed by atoms with E-state index in [0.29, 0.717) is 15.2 Å². The number of nitrogens with zero attached hydrogens (tertiary/aromatic N) is 1. The maximum atomic E-state index is 5.94. The summed E-state index contributed by atoms with van der Waals surface area (Å²) >= 11 is 17.0. The molecule has 0 unspecified atom stereocenters. The molecule has 3 N–H and O–H groups in total. The summed E-state index contributed by atoms with van der Waals surface area (Å²) in [5.41, 5.74) is 6.70. The van der Waals surface area contributed by atoms with E-state index < -0.39 is 0 Å². The van der Waals surface area contributed by atoms with E-state index in [-0.39, 0.29) is 0 Å². The van der Waals surface area contributed by atoms with E-state index in [2.05, 4.69) is 21.1 Å². The molecule has 0 saturated carbocycles. The van der Waals surface area contributed by atoms with Crippen molar-refractivity contribution < 1.29 is 4.74 Å². The Hall–Kier alpha value is -0.790. The van der Waals surface area contributed by atoms with Gasteiger partial charge in [0.05, 0.1) is 28.9 Å². The van der Waals surface area contributed by atoms with E-state index in [1.165, 1.54) is 0 Å². The van der Waals surface area contributed by atoms with Crippen LogP contribution in [-0.4, -0.2) is 49.4 Å². The molecule has 0 amide bonds. The molecule has 1 heterocycles. The monoisotopic (exact) mass is 362 g/mol. The van der Waals surface area contributed by atoms with Gasteiger partial charge in [-0.1, -0.05) is 23.2 Å². The van der Waals surface area contributed by atoms with Crippen LogP contribution in [0.15, 0.2) is 18.2 Å². The molecule has 1 saturated heterocycles. The van der Waals surface area contributed by atoms with Gasteiger partial charge in [-0.2, -0.15) is 0 Å². The van der Waals surface area contributed by atoms with E-state index in [9.17, 15) is 0 Å². The van der Waals surface area contributed by atoms with Crippen molar-refractivity contribution in [1.29, 1.82) is 0 Å². The molecule has 1 aliphatic rings. The van der Waals surface area contributed by atoms with Crippen molar-refractivity contribution in [2.75, 3.05) is 44.8 Å². The number of morpholine rings is 1. The number of thiocarbonyl (C=S) groups is 1. The van der Waals surface area contributed by atoms with E-state index in [0.717, 1.165) is 51.5 Å². The normalized spacial score (nSPS) is 15.4. The van der Waals surface area contributed by atoms with Crippen molar-refractivity contribution in [2.24, 2.45) is 0 Å². The molecule has 0 radical (unpaired) electrons. The van der Waals surface area contributed by atoms with Crippen molar-refractivity contribution in [2.45, 2.75) is 6.42 Å². The Labute approximate surface area is 146 Å². The van der Waals surface area contributed by atoms with Gasteiger partial charge in [0.2, 0.25) is 0 Å². The van der Waals surface area contributed by atoms with Crippen molar-refractivity contribution in [1.82, 2.24) is 15.6 Å². The second-order valence-electron chi connectivity index (χ2n) is 4.94. The average Bonchev–Trinajstić information content (AvgIpc) is 2.54. The third-order valence-corrected chi connectivity index (χ3v) is 4.27. The number of nitrogens with one attached hydrogen (secondary N) is 3. The van der Waals surface area contributed by atoms with E-state index >= 15 is 0 Å². The predicted molar refractivity (Wildman–Crippen MR) is 95.7 cm³/mol. The molecule has 0 spiro atoms. The van der Waals surface area contributed by atoms with Gasteiger partial charge in [-0.25, -0.2) is 0 Å². The highest BCUT2D eigenvalue weighted by Crippen LogP contribution is 2.24. The first-order valence-corrected chi connectivity index (χ1v) is 8.36. The third-order valence-electron chi connectivity index (χ3n) is 3.28. The SMILES string of the molecule is S=C(NCCCN1CCOCC1)NNc1ccc(Cl)c(Cl)c1. The second kappa shape index (κ2) is 9.37. The van der Waals surface area contributed by atoms with Gasteiger partial charge in [-0.05, 0) is 43.4 Å². The van der Waals surface area contributed by atoms with Crippen molar-refractivity contribution in [3.05, 3.63) is 28.2 Å². The summed E-state index contributed by atoms with van der Waals surface area (Å²) in [6.45, 7) is 5.58. The fourth-order valence-electron chi connectivity index (χ4n) is 2.08. The Morgan fingerprint density at radius 2 is 2.00 bits per heavy atom. The van der Waals surface area contributed by atoms with Gasteiger partial charge in [0.15, 0.2) is 5.11 Å². The van der Waals surface area contributed by atoms with Crippen LogP contribution >= 0.6 is 35.4 Å². The van der Waals surface area contributed by atoms with Crippen molar-refractivity contribution >= 4 is 46.2 Å². The smallest absolute Gasteiger partial charge is 0.185 e. The minimum Gasteiger partial charge on any atom is -0.379 e. The number of rotatable bonds is 6. The Balaban J connectivity index is 1.58. The molecule has 2 rings (SSSR count). The molecule has 122 valence electrons. The highest BCUT2D eigenvalue weighted by Gasteiger charge is 2.09. The number of ether oxygens (including phenoxy) is 1. The lowest BCUT2D eigenvalue weighted by molar-refractivity contribution is 0.0376. The zero-order valence-electron chi connectivity index (χ0n) is 12.2. The van der Waals surface area contributed by atoms with Gasteiger partial charge in [0.1, 0.15) is 0 Å². The van der Waals surface area contributed by atoms with Crippen LogP contribution in [-0.2, 0) is 4.74 Å². The van der Waals surface area contributed by atoms with Gasteiger partial charge in [-0.15, -0.1) is 0 Å². The molecule has 1 aliphatic heterocycles. The first-order valence-electron chi connectivity index (χ1n) is 7.20. The first-order chi connectivity index (χ1) is 10.6. The molecule has 8 heteroatoms. The van der Waals surface area contributed by atoms with Gasteiger partial charge >= 0.3 is 0 Å². The maximum absolute atomic E-state index is 5.94. The molecule has 0 atom stereocenters. The molecule has 1 aromatic rings. The van der Waals surface area contributed by atoms with Crippen LogP contribution in [0.1, 0.15) is 6.42 Å². The third kappa shape index (κ3) is 6.14. The molecule has 5 nitrogen and oxygen atoms in total. The van der Waals surface area contributed by atoms with Crippen molar-refractivity contribution in [3.63, 3.8) is 0 Å². The number of hydrogen-bond acceptors (Lipinski definition) is 4. The molecular weight excluding hydrogens is 343 g/mol. The van der Waals surface area contributed by atoms with Crippen LogP contribution in [0.4, 0.5) is 5.69 Å². The van der Waals surface area contributed by atoms with E-state index in [1.54, 1.807) is 12.1 Å². The lowest BCUT2D eigenvalue weighted by Crippen LogP contribution is -2.41. The Morgan fingerprint density at radius 3 is 2.73 bits per heavy atom. The largest absolute Gasteiger partial charge is 0.379 e. The maximum Gasteiger partial charge on any atom is 0.185 e. The van der Waals surface area contributed by atoms with Gasteiger partial charge in [-0.3, -0.25) is 15.8 Å². The Morgan fingerprint density at radius 1 is 1.23 bits per heavy atom. The fraction of sp³-hybridized carbons (Fsp3) is 0.500. The van der Waals surface area contributed by atoms with E-state index in [1.807, 2.05) is 6.07 Å². The minimum absolute atomic E-state index is 0.498. The lowest BCUT2D eigenvalue weighted by atomic mass is 10.3. The van der Waals surface area contributed by atoms with Crippen LogP contribution in [0.25, 0.3) is 0 Å². The zero-order chi connectivity index (χ0) is 15.8. The standard InChI is InChI=1S/C14H20Cl2N4OS/c15-12-3-2-11(10-13(12)16)18-19-14(22)17-4-1-5-20-6-8-21-9-7-20/h2-3,10,18H,1,4-9H2,(H2,17,19,22). The summed E-state index contributed by atoms with van der Waals surface area (Å²) in [6, 6.07) is 5.28. The zero-order valence-corrected chi connectivity index (χ0v) is 14.5. The van der Waals surface area contributed by atoms with Crippen LogP contribution in [0.3, 0.4) is 0 Å². The summed E-state index contributed by atoms with van der Waals surface area (Å²) < 4.78 is 5.32. The number of anilines is 1. The summed E-state index contributed by atoms with van der Waals surface area (Å²) in [4.78, 5) is 2.40. The minimum atomic E-state index is 0.498. The van der Waals surface area contributed by atoms with Crippen LogP contribution in [0.2, 0.25) is 10.0 Å². The Bertz CT molecular complexity index is 498. The number of hydrazine groups is 1. The predicted octanol–water partition coefficient (Wildman–Crippen LogP) is 2.51. The van der Waals surface area contributed by atoms with Gasteiger partial charge in [0.25, 0.3) is 0 Å². The molecule has 1 fully saturated rings. The highest BCUT2D eigenvalue weighted by atomic mass is 35.5. The molecule has 22 heavy (non-hydrogen) atoms. The van der Waals surface area contributed by atoms with Gasteiger partial charge in [0, 0.05) is 19.6 Å². The first kappa shape index (κ1) is 17.6. The fourth-order valence-corrected chi connectivity index (χ4v) is 2.53. The Kier molecular flexibility index (Phi) is 7.48. The summed E-state index contributed by atoms with van der Waals surface area (Å²) in [5, 5.41) is 4.73. The summed E-state index contributed by atoms with van der Waals surface area (Å²) in [5.74, 6) is 0. The molecular formula is C14H20Cl2N4OS. The lowest BCUT2D eigenvalue weighted by Gasteiger charge is -2.26. The number of halogens is 2. The van der Waals surface area contributed by atoms with Crippen LogP contribution < -0.4 is 16.2 Å². The van der Waals surface area contributed by atoms with Crippen LogP contribution in [0.5, 0.6) is 0 Å². The highest BCUT2D eigenvalue weighted by molar-refractivity contribution is 7.80. The number of hydrogen-bond donors (Lipinski definition) is 3. The summed E-state index contributed by atoms with van der Waals surface area (Å²) in [6.07, 6.45) is 1.04.